The SMILES string of the molecule is c1ccc(-n2c3ccccc3c3ccc4c(c5ccccc5n4-c4cc5c6c(c4)Oc4cccc7c4B6c4c(cccc4O5)O7)c32)cc1. The summed E-state index contributed by atoms with van der Waals surface area (Å²) in [4.78, 5) is 0. The highest BCUT2D eigenvalue weighted by Gasteiger charge is 2.46. The summed E-state index contributed by atoms with van der Waals surface area (Å²) in [5.41, 5.74) is 9.95. The molecule has 0 aliphatic carbocycles. The number of ether oxygens (including phenoxy) is 3. The van der Waals surface area contributed by atoms with Gasteiger partial charge in [-0.3, -0.25) is 0 Å². The molecule has 0 fully saturated rings. The van der Waals surface area contributed by atoms with Crippen LogP contribution in [0.2, 0.25) is 0 Å². The second kappa shape index (κ2) is 8.69. The van der Waals surface area contributed by atoms with E-state index in [0.29, 0.717) is 0 Å². The Hall–Kier alpha value is -6.40. The molecule has 0 atom stereocenters. The zero-order valence-electron chi connectivity index (χ0n) is 25.5. The standard InChI is InChI=1S/C42H23BN2O3/c1-2-10-24(11-3-1)45-29-14-6-4-12-26(29)27-20-21-31-38(42(27)45)28-13-5-7-15-30(28)44(31)25-22-36-41-37(23-25)48-35-19-9-17-33-40(35)43(41)39-32(46-33)16-8-18-34(39)47-36/h1-23H. The first-order valence-electron chi connectivity index (χ1n) is 16.3. The minimum Gasteiger partial charge on any atom is -0.458 e. The van der Waals surface area contributed by atoms with Crippen molar-refractivity contribution in [3.05, 3.63) is 140 Å². The molecule has 0 bridgehead atoms. The Morgan fingerprint density at radius 1 is 0.375 bits per heavy atom. The van der Waals surface area contributed by atoms with Crippen LogP contribution in [0, 0.1) is 0 Å². The third-order valence-corrected chi connectivity index (χ3v) is 10.4. The molecule has 12 rings (SSSR count). The topological polar surface area (TPSA) is 37.5 Å². The minimum atomic E-state index is -0.0166. The van der Waals surface area contributed by atoms with Crippen LogP contribution in [-0.4, -0.2) is 15.8 Å². The first-order valence-corrected chi connectivity index (χ1v) is 16.3. The van der Waals surface area contributed by atoms with Crippen molar-refractivity contribution in [2.24, 2.45) is 0 Å². The average molecular weight is 614 g/mol. The van der Waals surface area contributed by atoms with E-state index >= 15 is 0 Å². The lowest BCUT2D eigenvalue weighted by molar-refractivity contribution is 0.442. The fourth-order valence-electron chi connectivity index (χ4n) is 8.56. The van der Waals surface area contributed by atoms with Crippen LogP contribution >= 0.6 is 0 Å². The lowest BCUT2D eigenvalue weighted by atomic mass is 9.34. The molecular formula is C42H23BN2O3. The van der Waals surface area contributed by atoms with Gasteiger partial charge in [0.05, 0.1) is 27.8 Å². The molecule has 0 amide bonds. The first-order chi connectivity index (χ1) is 23.8. The van der Waals surface area contributed by atoms with Crippen LogP contribution in [-0.2, 0) is 0 Å². The van der Waals surface area contributed by atoms with Crippen molar-refractivity contribution < 1.29 is 14.2 Å². The Balaban J connectivity index is 1.19. The van der Waals surface area contributed by atoms with Crippen molar-refractivity contribution in [3.63, 3.8) is 0 Å². The van der Waals surface area contributed by atoms with Gasteiger partial charge in [-0.05, 0) is 54.6 Å². The van der Waals surface area contributed by atoms with Gasteiger partial charge in [-0.25, -0.2) is 0 Å². The van der Waals surface area contributed by atoms with Crippen LogP contribution in [0.4, 0.5) is 0 Å². The van der Waals surface area contributed by atoms with E-state index in [1.807, 2.05) is 36.4 Å². The molecule has 9 aromatic rings. The van der Waals surface area contributed by atoms with Crippen molar-refractivity contribution in [1.29, 1.82) is 0 Å². The fourth-order valence-corrected chi connectivity index (χ4v) is 8.56. The first kappa shape index (κ1) is 24.8. The van der Waals surface area contributed by atoms with Crippen LogP contribution in [0.3, 0.4) is 0 Å². The highest BCUT2D eigenvalue weighted by atomic mass is 16.5. The average Bonchev–Trinajstić information content (AvgIpc) is 3.65. The van der Waals surface area contributed by atoms with Gasteiger partial charge in [-0.1, -0.05) is 72.8 Å². The molecule has 0 N–H and O–H groups in total. The van der Waals surface area contributed by atoms with Gasteiger partial charge < -0.3 is 23.3 Å². The van der Waals surface area contributed by atoms with Crippen molar-refractivity contribution in [2.75, 3.05) is 0 Å². The molecule has 222 valence electrons. The predicted octanol–water partition coefficient (Wildman–Crippen LogP) is 8.71. The molecule has 0 unspecified atom stereocenters. The van der Waals surface area contributed by atoms with Crippen molar-refractivity contribution in [2.45, 2.75) is 0 Å². The quantitative estimate of drug-likeness (QED) is 0.183. The van der Waals surface area contributed by atoms with E-state index in [-0.39, 0.29) is 6.71 Å². The van der Waals surface area contributed by atoms with Gasteiger partial charge in [0, 0.05) is 55.8 Å². The zero-order valence-corrected chi connectivity index (χ0v) is 25.5. The lowest BCUT2D eigenvalue weighted by Gasteiger charge is -2.37. The maximum atomic E-state index is 6.72. The van der Waals surface area contributed by atoms with Gasteiger partial charge in [-0.15, -0.1) is 0 Å². The molecule has 3 aliphatic heterocycles. The van der Waals surface area contributed by atoms with E-state index in [1.54, 1.807) is 0 Å². The van der Waals surface area contributed by atoms with Gasteiger partial charge in [0.1, 0.15) is 34.5 Å². The zero-order chi connectivity index (χ0) is 31.1. The second-order valence-corrected chi connectivity index (χ2v) is 12.8. The van der Waals surface area contributed by atoms with E-state index in [1.165, 1.54) is 32.6 Å². The number of aromatic nitrogens is 2. The minimum absolute atomic E-state index is 0.0166. The molecule has 6 heteroatoms. The van der Waals surface area contributed by atoms with E-state index in [4.69, 9.17) is 14.2 Å². The summed E-state index contributed by atoms with van der Waals surface area (Å²) in [5, 5.41) is 4.88. The number of fused-ring (bicyclic) bond motifs is 7. The summed E-state index contributed by atoms with van der Waals surface area (Å²) in [6.07, 6.45) is 0. The molecule has 7 aromatic carbocycles. The monoisotopic (exact) mass is 614 g/mol. The largest absolute Gasteiger partial charge is 0.458 e. The molecule has 0 saturated carbocycles. The smallest absolute Gasteiger partial charge is 0.270 e. The van der Waals surface area contributed by atoms with Crippen molar-refractivity contribution >= 4 is 66.7 Å². The van der Waals surface area contributed by atoms with Crippen LogP contribution < -0.4 is 30.6 Å². The lowest BCUT2D eigenvalue weighted by Crippen LogP contribution is -2.59. The van der Waals surface area contributed by atoms with E-state index < -0.39 is 0 Å². The molecule has 3 aliphatic rings. The number of nitrogens with zero attached hydrogens (tertiary/aromatic N) is 2. The van der Waals surface area contributed by atoms with Gasteiger partial charge in [-0.2, -0.15) is 0 Å². The normalized spacial score (nSPS) is 13.5. The molecule has 5 heterocycles. The highest BCUT2D eigenvalue weighted by Crippen LogP contribution is 2.45. The maximum absolute atomic E-state index is 6.72. The molecule has 2 aromatic heterocycles. The summed E-state index contributed by atoms with van der Waals surface area (Å²) >= 11 is 0. The summed E-state index contributed by atoms with van der Waals surface area (Å²) in [7, 11) is 0. The third-order valence-electron chi connectivity index (χ3n) is 10.4. The van der Waals surface area contributed by atoms with Crippen LogP contribution in [0.1, 0.15) is 0 Å². The van der Waals surface area contributed by atoms with Gasteiger partial charge in [0.25, 0.3) is 6.71 Å². The Morgan fingerprint density at radius 2 is 0.917 bits per heavy atom. The summed E-state index contributed by atoms with van der Waals surface area (Å²) < 4.78 is 24.6. The Morgan fingerprint density at radius 3 is 1.58 bits per heavy atom. The number of benzene rings is 7. The number of para-hydroxylation sites is 3. The highest BCUT2D eigenvalue weighted by molar-refractivity contribution is 6.99. The molecule has 5 nitrogen and oxygen atoms in total. The fraction of sp³-hybridized carbons (Fsp3) is 0. The van der Waals surface area contributed by atoms with Gasteiger partial charge in [0.15, 0.2) is 0 Å². The van der Waals surface area contributed by atoms with Crippen molar-refractivity contribution in [1.82, 2.24) is 9.13 Å². The summed E-state index contributed by atoms with van der Waals surface area (Å²) in [6.45, 7) is -0.0166. The van der Waals surface area contributed by atoms with Crippen LogP contribution in [0.15, 0.2) is 140 Å². The van der Waals surface area contributed by atoms with Gasteiger partial charge in [0.2, 0.25) is 0 Å². The second-order valence-electron chi connectivity index (χ2n) is 12.8. The molecule has 48 heavy (non-hydrogen) atoms. The van der Waals surface area contributed by atoms with Crippen molar-refractivity contribution in [3.8, 4) is 45.9 Å². The van der Waals surface area contributed by atoms with Crippen LogP contribution in [0.5, 0.6) is 34.5 Å². The van der Waals surface area contributed by atoms with E-state index in [2.05, 4.69) is 112 Å². The molecular weight excluding hydrogens is 591 g/mol. The van der Waals surface area contributed by atoms with Gasteiger partial charge >= 0.3 is 0 Å². The summed E-state index contributed by atoms with van der Waals surface area (Å²) in [5.74, 6) is 4.95. The summed E-state index contributed by atoms with van der Waals surface area (Å²) in [6, 6.07) is 49.2. The Bertz CT molecular complexity index is 2810. The Kier molecular flexibility index (Phi) is 4.49. The number of hydrogen-bond donors (Lipinski definition) is 0. The van der Waals surface area contributed by atoms with E-state index in [0.717, 1.165) is 73.3 Å². The predicted molar refractivity (Wildman–Crippen MR) is 193 cm³/mol. The number of hydrogen-bond acceptors (Lipinski definition) is 3. The van der Waals surface area contributed by atoms with E-state index in [9.17, 15) is 0 Å². The maximum Gasteiger partial charge on any atom is 0.270 e. The molecule has 0 spiro atoms. The number of rotatable bonds is 2. The molecule has 0 saturated heterocycles. The third kappa shape index (κ3) is 2.99. The van der Waals surface area contributed by atoms with Crippen LogP contribution in [0.25, 0.3) is 55.0 Å². The molecule has 0 radical (unpaired) electrons. The Labute approximate surface area is 274 Å².